The maximum atomic E-state index is 13.1. The van der Waals surface area contributed by atoms with Crippen molar-refractivity contribution in [1.29, 1.82) is 0 Å². The van der Waals surface area contributed by atoms with Crippen molar-refractivity contribution in [3.8, 4) is 22.8 Å². The molecule has 0 bridgehead atoms. The molecule has 3 aliphatic heterocycles. The van der Waals surface area contributed by atoms with Crippen LogP contribution in [0.15, 0.2) is 79.3 Å². The standard InChI is InChI=1S/C40H43N9O5/c1-51-32-8-3-28(4-9-32)26-48(27-29-5-10-33(52-2)11-6-29)39-42-23-30(24-43-39)36-34-13-14-49(37(34)45-40(44-36)47-17-21-54-22-18-47)31-7-12-35(41-25-31)38(50)46-15-19-53-20-16-46/h3-12,23-25H,13-22,26-27H2,1-2H3. The summed E-state index contributed by atoms with van der Waals surface area (Å²) in [5.74, 6) is 3.59. The first-order chi connectivity index (χ1) is 26.6. The number of nitrogens with zero attached hydrogens (tertiary/aromatic N) is 9. The summed E-state index contributed by atoms with van der Waals surface area (Å²) >= 11 is 0. The molecule has 0 spiro atoms. The van der Waals surface area contributed by atoms with E-state index in [2.05, 4.69) is 43.9 Å². The first-order valence-electron chi connectivity index (χ1n) is 18.2. The second-order valence-electron chi connectivity index (χ2n) is 13.3. The third kappa shape index (κ3) is 7.61. The molecule has 0 unspecified atom stereocenters. The fourth-order valence-electron chi connectivity index (χ4n) is 6.95. The van der Waals surface area contributed by atoms with Gasteiger partial charge in [0.05, 0.1) is 58.2 Å². The van der Waals surface area contributed by atoms with Gasteiger partial charge in [-0.15, -0.1) is 0 Å². The molecule has 14 nitrogen and oxygen atoms in total. The number of carbonyl (C=O) groups is 1. The lowest BCUT2D eigenvalue weighted by atomic mass is 10.1. The van der Waals surface area contributed by atoms with Crippen LogP contribution >= 0.6 is 0 Å². The highest BCUT2D eigenvalue weighted by molar-refractivity contribution is 5.92. The molecule has 6 heterocycles. The molecular formula is C40H43N9O5. The Morgan fingerprint density at radius 3 is 1.91 bits per heavy atom. The van der Waals surface area contributed by atoms with Crippen molar-refractivity contribution >= 4 is 29.3 Å². The fourth-order valence-corrected chi connectivity index (χ4v) is 6.95. The number of anilines is 4. The predicted molar refractivity (Wildman–Crippen MR) is 204 cm³/mol. The van der Waals surface area contributed by atoms with Gasteiger partial charge in [0, 0.05) is 69.3 Å². The molecule has 0 saturated carbocycles. The summed E-state index contributed by atoms with van der Waals surface area (Å²) in [6.07, 6.45) is 6.21. The Morgan fingerprint density at radius 2 is 1.33 bits per heavy atom. The number of fused-ring (bicyclic) bond motifs is 1. The van der Waals surface area contributed by atoms with E-state index in [1.54, 1.807) is 31.4 Å². The minimum absolute atomic E-state index is 0.0825. The SMILES string of the molecule is COc1ccc(CN(Cc2ccc(OC)cc2)c2ncc(-c3nc(N4CCOCC4)nc4c3CCN4c3ccc(C(=O)N4CCOCC4)nc3)cn2)cc1. The normalized spacial score (nSPS) is 15.6. The number of morpholine rings is 2. The number of methoxy groups -OCH3 is 2. The van der Waals surface area contributed by atoms with Gasteiger partial charge in [-0.2, -0.15) is 4.98 Å². The molecular weight excluding hydrogens is 686 g/mol. The monoisotopic (exact) mass is 729 g/mol. The third-order valence-electron chi connectivity index (χ3n) is 9.94. The van der Waals surface area contributed by atoms with Gasteiger partial charge in [0.15, 0.2) is 0 Å². The Labute approximate surface area is 314 Å². The minimum Gasteiger partial charge on any atom is -0.497 e. The van der Waals surface area contributed by atoms with Crippen molar-refractivity contribution in [2.24, 2.45) is 0 Å². The second-order valence-corrected chi connectivity index (χ2v) is 13.3. The number of hydrogen-bond donors (Lipinski definition) is 0. The van der Waals surface area contributed by atoms with Crippen LogP contribution in [0, 0.1) is 0 Å². The van der Waals surface area contributed by atoms with Gasteiger partial charge in [-0.3, -0.25) is 4.79 Å². The van der Waals surface area contributed by atoms with E-state index in [1.807, 2.05) is 42.7 Å². The van der Waals surface area contributed by atoms with E-state index < -0.39 is 0 Å². The average molecular weight is 730 g/mol. The maximum absolute atomic E-state index is 13.1. The molecule has 0 N–H and O–H groups in total. The number of ether oxygens (including phenoxy) is 4. The van der Waals surface area contributed by atoms with Crippen LogP contribution in [0.25, 0.3) is 11.3 Å². The van der Waals surface area contributed by atoms with Crippen molar-refractivity contribution in [2.45, 2.75) is 19.5 Å². The van der Waals surface area contributed by atoms with Gasteiger partial charge < -0.3 is 38.5 Å². The van der Waals surface area contributed by atoms with Crippen molar-refractivity contribution in [1.82, 2.24) is 29.8 Å². The highest BCUT2D eigenvalue weighted by atomic mass is 16.5. The number of benzene rings is 2. The number of aromatic nitrogens is 5. The van der Waals surface area contributed by atoms with E-state index in [4.69, 9.17) is 38.9 Å². The zero-order chi connectivity index (χ0) is 36.9. The van der Waals surface area contributed by atoms with Crippen LogP contribution in [0.3, 0.4) is 0 Å². The Balaban J connectivity index is 1.10. The van der Waals surface area contributed by atoms with Gasteiger partial charge in [0.25, 0.3) is 5.91 Å². The quantitative estimate of drug-likeness (QED) is 0.189. The van der Waals surface area contributed by atoms with Crippen LogP contribution in [0.4, 0.5) is 23.4 Å². The molecule has 0 radical (unpaired) electrons. The second kappa shape index (κ2) is 16.0. The lowest BCUT2D eigenvalue weighted by Gasteiger charge is -2.28. The summed E-state index contributed by atoms with van der Waals surface area (Å²) in [4.78, 5) is 46.0. The van der Waals surface area contributed by atoms with Crippen LogP contribution in [0.5, 0.6) is 11.5 Å². The first kappa shape index (κ1) is 35.2. The van der Waals surface area contributed by atoms with Crippen LogP contribution in [-0.4, -0.2) is 109 Å². The highest BCUT2D eigenvalue weighted by Crippen LogP contribution is 2.39. The van der Waals surface area contributed by atoms with Gasteiger partial charge in [-0.1, -0.05) is 24.3 Å². The van der Waals surface area contributed by atoms with Crippen molar-refractivity contribution < 1.29 is 23.7 Å². The Morgan fingerprint density at radius 1 is 0.722 bits per heavy atom. The van der Waals surface area contributed by atoms with Gasteiger partial charge in [-0.25, -0.2) is 19.9 Å². The zero-order valence-corrected chi connectivity index (χ0v) is 30.6. The summed E-state index contributed by atoms with van der Waals surface area (Å²) in [6, 6.07) is 19.8. The van der Waals surface area contributed by atoms with Crippen molar-refractivity contribution in [3.63, 3.8) is 0 Å². The van der Waals surface area contributed by atoms with E-state index >= 15 is 0 Å². The number of carbonyl (C=O) groups excluding carboxylic acids is 1. The molecule has 14 heteroatoms. The van der Waals surface area contributed by atoms with E-state index in [0.717, 1.165) is 57.4 Å². The van der Waals surface area contributed by atoms with Crippen LogP contribution < -0.4 is 24.2 Å². The Kier molecular flexibility index (Phi) is 10.4. The van der Waals surface area contributed by atoms with E-state index in [0.29, 0.717) is 89.8 Å². The van der Waals surface area contributed by atoms with Crippen LogP contribution in [0.2, 0.25) is 0 Å². The molecule has 0 atom stereocenters. The van der Waals surface area contributed by atoms with Gasteiger partial charge in [0.2, 0.25) is 11.9 Å². The molecule has 8 rings (SSSR count). The summed E-state index contributed by atoms with van der Waals surface area (Å²) < 4.78 is 21.8. The molecule has 1 amide bonds. The molecule has 2 fully saturated rings. The number of hydrogen-bond acceptors (Lipinski definition) is 13. The van der Waals surface area contributed by atoms with Crippen molar-refractivity contribution in [2.75, 3.05) is 88.1 Å². The summed E-state index contributed by atoms with van der Waals surface area (Å²) in [6.45, 7) is 6.72. The largest absolute Gasteiger partial charge is 0.497 e. The molecule has 0 aliphatic carbocycles. The molecule has 5 aromatic rings. The lowest BCUT2D eigenvalue weighted by molar-refractivity contribution is 0.0299. The number of rotatable bonds is 11. The molecule has 2 aromatic carbocycles. The van der Waals surface area contributed by atoms with Gasteiger partial charge in [0.1, 0.15) is 23.0 Å². The van der Waals surface area contributed by atoms with Crippen LogP contribution in [0.1, 0.15) is 27.2 Å². The fraction of sp³-hybridized carbons (Fsp3) is 0.350. The lowest BCUT2D eigenvalue weighted by Crippen LogP contribution is -2.41. The number of amides is 1. The first-order valence-corrected chi connectivity index (χ1v) is 18.2. The molecule has 278 valence electrons. The van der Waals surface area contributed by atoms with E-state index in [9.17, 15) is 4.79 Å². The Hall–Kier alpha value is -5.86. The third-order valence-corrected chi connectivity index (χ3v) is 9.94. The summed E-state index contributed by atoms with van der Waals surface area (Å²) in [7, 11) is 3.33. The number of pyridine rings is 1. The average Bonchev–Trinajstić information content (AvgIpc) is 3.68. The molecule has 2 saturated heterocycles. The molecule has 3 aliphatic rings. The summed E-state index contributed by atoms with van der Waals surface area (Å²) in [5.41, 5.74) is 6.13. The Bertz CT molecular complexity index is 1990. The van der Waals surface area contributed by atoms with Gasteiger partial charge in [-0.05, 0) is 53.9 Å². The summed E-state index contributed by atoms with van der Waals surface area (Å²) in [5, 5.41) is 0. The smallest absolute Gasteiger partial charge is 0.272 e. The van der Waals surface area contributed by atoms with Crippen LogP contribution in [-0.2, 0) is 29.0 Å². The maximum Gasteiger partial charge on any atom is 0.272 e. The topological polar surface area (TPSA) is 131 Å². The predicted octanol–water partition coefficient (Wildman–Crippen LogP) is 4.56. The molecule has 3 aromatic heterocycles. The zero-order valence-electron chi connectivity index (χ0n) is 30.6. The van der Waals surface area contributed by atoms with E-state index in [1.165, 1.54) is 0 Å². The molecule has 54 heavy (non-hydrogen) atoms. The highest BCUT2D eigenvalue weighted by Gasteiger charge is 2.30. The van der Waals surface area contributed by atoms with E-state index in [-0.39, 0.29) is 5.91 Å². The van der Waals surface area contributed by atoms with Gasteiger partial charge >= 0.3 is 0 Å². The minimum atomic E-state index is -0.0825. The van der Waals surface area contributed by atoms with Crippen molar-refractivity contribution in [3.05, 3.63) is 102 Å².